The zero-order chi connectivity index (χ0) is 13.6. The maximum atomic E-state index is 11.0. The third-order valence-electron chi connectivity index (χ3n) is 2.75. The highest BCUT2D eigenvalue weighted by molar-refractivity contribution is 5.91. The van der Waals surface area contributed by atoms with Gasteiger partial charge in [0, 0.05) is 12.0 Å². The molecule has 0 amide bonds. The number of carbonyl (C=O) groups is 2. The lowest BCUT2D eigenvalue weighted by Gasteiger charge is -2.27. The minimum atomic E-state index is 0. The minimum Gasteiger partial charge on any atom is -0.344 e. The monoisotopic (exact) mass is 278 g/mol. The van der Waals surface area contributed by atoms with Crippen molar-refractivity contribution in [2.24, 2.45) is 5.41 Å². The molecule has 0 unspecified atom stereocenters. The van der Waals surface area contributed by atoms with Crippen LogP contribution in [0.4, 0.5) is 0 Å². The summed E-state index contributed by atoms with van der Waals surface area (Å²) in [4.78, 5) is 21.0. The summed E-state index contributed by atoms with van der Waals surface area (Å²) < 4.78 is 0. The zero-order valence-corrected chi connectivity index (χ0v) is 12.7. The fraction of sp³-hybridized carbons (Fsp3) is 0.375. The molecule has 0 aromatic heterocycles. The minimum absolute atomic E-state index is 0. The number of ketones is 1. The molecule has 4 heteroatoms. The number of benzene rings is 1. The largest absolute Gasteiger partial charge is 0.344 e. The number of hydrogen-bond donors (Lipinski definition) is 2. The lowest BCUT2D eigenvalue weighted by atomic mass is 9.77. The quantitative estimate of drug-likeness (QED) is 0.753. The Labute approximate surface area is 121 Å². The molecule has 1 aromatic carbocycles. The van der Waals surface area contributed by atoms with Gasteiger partial charge in [-0.2, -0.15) is 0 Å². The van der Waals surface area contributed by atoms with Crippen molar-refractivity contribution < 1.29 is 9.59 Å². The van der Waals surface area contributed by atoms with Crippen LogP contribution in [0.2, 0.25) is 0 Å². The van der Waals surface area contributed by atoms with Crippen LogP contribution in [-0.4, -0.2) is 12.1 Å². The van der Waals surface area contributed by atoms with Crippen molar-refractivity contribution in [1.82, 2.24) is 12.3 Å². The number of allylic oxidation sites excluding steroid dienone is 2. The van der Waals surface area contributed by atoms with Gasteiger partial charge in [-0.25, -0.2) is 0 Å². The average Bonchev–Trinajstić information content (AvgIpc) is 2.27. The van der Waals surface area contributed by atoms with Crippen LogP contribution >= 0.6 is 0 Å². The molecule has 1 aliphatic carbocycles. The van der Waals surface area contributed by atoms with E-state index in [0.717, 1.165) is 18.3 Å². The van der Waals surface area contributed by atoms with E-state index in [4.69, 9.17) is 0 Å². The van der Waals surface area contributed by atoms with Crippen LogP contribution in [0.5, 0.6) is 0 Å². The third-order valence-corrected chi connectivity index (χ3v) is 2.75. The van der Waals surface area contributed by atoms with Gasteiger partial charge in [-0.1, -0.05) is 49.8 Å². The van der Waals surface area contributed by atoms with Crippen LogP contribution in [0.15, 0.2) is 42.0 Å². The van der Waals surface area contributed by atoms with Gasteiger partial charge < -0.3 is 12.3 Å². The van der Waals surface area contributed by atoms with Gasteiger partial charge in [0.05, 0.1) is 0 Å². The van der Waals surface area contributed by atoms with Crippen molar-refractivity contribution in [2.75, 3.05) is 0 Å². The molecule has 0 saturated heterocycles. The highest BCUT2D eigenvalue weighted by Crippen LogP contribution is 2.32. The number of rotatable bonds is 1. The van der Waals surface area contributed by atoms with Crippen molar-refractivity contribution in [1.29, 1.82) is 0 Å². The first-order valence-corrected chi connectivity index (χ1v) is 6.13. The number of carbonyl (C=O) groups excluding carboxylic acids is 2. The summed E-state index contributed by atoms with van der Waals surface area (Å²) in [6, 6.07) is 9.10. The molecule has 1 aromatic rings. The maximum Gasteiger partial charge on any atom is 0.156 e. The Bertz CT molecular complexity index is 451. The van der Waals surface area contributed by atoms with Gasteiger partial charge >= 0.3 is 0 Å². The van der Waals surface area contributed by atoms with E-state index in [1.54, 1.807) is 18.2 Å². The average molecular weight is 278 g/mol. The second-order valence-electron chi connectivity index (χ2n) is 5.50. The normalized spacial score (nSPS) is 15.6. The molecule has 2 rings (SSSR count). The van der Waals surface area contributed by atoms with Gasteiger partial charge in [-0.15, -0.1) is 0 Å². The Balaban J connectivity index is 0. The molecule has 0 saturated carbocycles. The van der Waals surface area contributed by atoms with Crippen LogP contribution < -0.4 is 12.3 Å². The molecular weight excluding hydrogens is 252 g/mol. The highest BCUT2D eigenvalue weighted by atomic mass is 16.1. The van der Waals surface area contributed by atoms with Crippen molar-refractivity contribution in [3.05, 3.63) is 47.5 Å². The van der Waals surface area contributed by atoms with Gasteiger partial charge in [0.25, 0.3) is 0 Å². The second kappa shape index (κ2) is 9.18. The van der Waals surface area contributed by atoms with E-state index in [9.17, 15) is 9.59 Å². The molecule has 0 fully saturated rings. The van der Waals surface area contributed by atoms with E-state index < -0.39 is 0 Å². The van der Waals surface area contributed by atoms with Crippen LogP contribution in [0, 0.1) is 5.41 Å². The van der Waals surface area contributed by atoms with Crippen molar-refractivity contribution in [3.63, 3.8) is 0 Å². The van der Waals surface area contributed by atoms with Gasteiger partial charge in [-0.3, -0.25) is 9.59 Å². The molecule has 1 aliphatic rings. The van der Waals surface area contributed by atoms with E-state index in [0.29, 0.717) is 6.42 Å². The maximum absolute atomic E-state index is 11.0. The molecule has 0 heterocycles. The standard InChI is InChI=1S/C9H14O.C7H6O.2H3N/c1-7-4-8(10)6-9(2,3)5-7;8-6-7-4-2-1-3-5-7;;/h4H,5-6H2,1-3H3;1-6H;2*1H3. The van der Waals surface area contributed by atoms with Crippen LogP contribution in [0.3, 0.4) is 0 Å². The number of aldehydes is 1. The Hall–Kier alpha value is -1.78. The van der Waals surface area contributed by atoms with Crippen molar-refractivity contribution in [2.45, 2.75) is 33.6 Å². The highest BCUT2D eigenvalue weighted by Gasteiger charge is 2.25. The predicted molar refractivity (Wildman–Crippen MR) is 83.7 cm³/mol. The summed E-state index contributed by atoms with van der Waals surface area (Å²) in [5, 5.41) is 0. The Morgan fingerprint density at radius 2 is 1.60 bits per heavy atom. The Morgan fingerprint density at radius 1 is 1.05 bits per heavy atom. The van der Waals surface area contributed by atoms with Crippen LogP contribution in [0.1, 0.15) is 44.0 Å². The first-order chi connectivity index (χ1) is 8.43. The second-order valence-corrected chi connectivity index (χ2v) is 5.50. The van der Waals surface area contributed by atoms with E-state index in [1.807, 2.05) is 25.1 Å². The molecule has 0 atom stereocenters. The summed E-state index contributed by atoms with van der Waals surface area (Å²) in [6.45, 7) is 6.31. The topological polar surface area (TPSA) is 104 Å². The summed E-state index contributed by atoms with van der Waals surface area (Å²) in [7, 11) is 0. The third kappa shape index (κ3) is 7.61. The summed E-state index contributed by atoms with van der Waals surface area (Å²) in [6.07, 6.45) is 4.38. The van der Waals surface area contributed by atoms with Crippen LogP contribution in [0.25, 0.3) is 0 Å². The smallest absolute Gasteiger partial charge is 0.156 e. The number of hydrogen-bond acceptors (Lipinski definition) is 4. The van der Waals surface area contributed by atoms with E-state index in [2.05, 4.69) is 13.8 Å². The first-order valence-electron chi connectivity index (χ1n) is 6.13. The summed E-state index contributed by atoms with van der Waals surface area (Å²) in [5.41, 5.74) is 2.16. The predicted octanol–water partition coefficient (Wildman–Crippen LogP) is 4.14. The van der Waals surface area contributed by atoms with Gasteiger partial charge in [0.15, 0.2) is 5.78 Å². The molecule has 0 aliphatic heterocycles. The Morgan fingerprint density at radius 3 is 1.95 bits per heavy atom. The fourth-order valence-electron chi connectivity index (χ4n) is 2.20. The van der Waals surface area contributed by atoms with Crippen molar-refractivity contribution in [3.8, 4) is 0 Å². The summed E-state index contributed by atoms with van der Waals surface area (Å²) >= 11 is 0. The lowest BCUT2D eigenvalue weighted by Crippen LogP contribution is -2.20. The molecule has 0 radical (unpaired) electrons. The van der Waals surface area contributed by atoms with Gasteiger partial charge in [0.2, 0.25) is 0 Å². The molecular formula is C16H26N2O2. The molecule has 20 heavy (non-hydrogen) atoms. The van der Waals surface area contributed by atoms with E-state index in [1.165, 1.54) is 5.57 Å². The molecule has 112 valence electrons. The molecule has 0 bridgehead atoms. The zero-order valence-electron chi connectivity index (χ0n) is 12.7. The molecule has 0 spiro atoms. The first kappa shape index (κ1) is 20.5. The van der Waals surface area contributed by atoms with Gasteiger partial charge in [0.1, 0.15) is 6.29 Å². The Kier molecular flexibility index (Phi) is 9.42. The van der Waals surface area contributed by atoms with Gasteiger partial charge in [-0.05, 0) is 24.8 Å². The molecule has 4 nitrogen and oxygen atoms in total. The molecule has 6 N–H and O–H groups in total. The van der Waals surface area contributed by atoms with E-state index >= 15 is 0 Å². The summed E-state index contributed by atoms with van der Waals surface area (Å²) in [5.74, 6) is 0.286. The van der Waals surface area contributed by atoms with Crippen LogP contribution in [-0.2, 0) is 4.79 Å². The van der Waals surface area contributed by atoms with Crippen molar-refractivity contribution >= 4 is 12.1 Å². The van der Waals surface area contributed by atoms with E-state index in [-0.39, 0.29) is 23.5 Å². The lowest BCUT2D eigenvalue weighted by molar-refractivity contribution is -0.117. The SMILES string of the molecule is CC1=CC(=O)CC(C)(C)C1.N.N.O=Cc1ccccc1. The fourth-order valence-corrected chi connectivity index (χ4v) is 2.20.